The van der Waals surface area contributed by atoms with Crippen LogP contribution in [0.25, 0.3) is 10.9 Å². The fraction of sp³-hybridized carbons (Fsp3) is 0.292. The molecule has 1 aromatic heterocycles. The Bertz CT molecular complexity index is 1400. The number of nitrogens with one attached hydrogen (secondary N) is 2. The van der Waals surface area contributed by atoms with Crippen LogP contribution >= 0.6 is 11.8 Å². The molecule has 3 amide bonds. The number of halogens is 3. The van der Waals surface area contributed by atoms with Crippen molar-refractivity contribution in [1.29, 1.82) is 0 Å². The minimum atomic E-state index is -4.41. The smallest absolute Gasteiger partial charge is 0.352 e. The van der Waals surface area contributed by atoms with E-state index in [9.17, 15) is 32.3 Å². The van der Waals surface area contributed by atoms with E-state index in [0.29, 0.717) is 22.3 Å². The van der Waals surface area contributed by atoms with Gasteiger partial charge in [0.1, 0.15) is 11.9 Å². The first-order valence-corrected chi connectivity index (χ1v) is 11.8. The highest BCUT2D eigenvalue weighted by atomic mass is 32.2. The molecule has 0 saturated carbocycles. The van der Waals surface area contributed by atoms with Crippen LogP contribution in [-0.2, 0) is 16.0 Å². The van der Waals surface area contributed by atoms with Gasteiger partial charge in [-0.25, -0.2) is 4.98 Å². The molecule has 1 unspecified atom stereocenters. The third kappa shape index (κ3) is 5.59. The number of aromatic nitrogens is 2. The molecule has 1 aliphatic rings. The minimum absolute atomic E-state index is 0.0232. The predicted octanol–water partition coefficient (Wildman–Crippen LogP) is 3.27. The molecule has 1 atom stereocenters. The van der Waals surface area contributed by atoms with E-state index in [-0.39, 0.29) is 53.9 Å². The van der Waals surface area contributed by atoms with Gasteiger partial charge in [0.15, 0.2) is 0 Å². The lowest BCUT2D eigenvalue weighted by Crippen LogP contribution is -2.45. The maximum atomic E-state index is 13.4. The van der Waals surface area contributed by atoms with E-state index in [0.717, 1.165) is 0 Å². The number of benzene rings is 2. The summed E-state index contributed by atoms with van der Waals surface area (Å²) < 4.78 is 38.7. The number of aryl methyl sites for hydroxylation is 1. The van der Waals surface area contributed by atoms with Gasteiger partial charge in [0, 0.05) is 23.4 Å². The zero-order valence-electron chi connectivity index (χ0n) is 19.0. The van der Waals surface area contributed by atoms with E-state index in [2.05, 4.69) is 15.6 Å². The van der Waals surface area contributed by atoms with E-state index in [4.69, 9.17) is 0 Å². The van der Waals surface area contributed by atoms with E-state index in [1.54, 1.807) is 25.1 Å². The standard InChI is InChI=1S/C24H21F3N4O4S/c1-13-29-17-4-2-3-14(20(17)23(35)31(13)18-9-10-19(32)30-22(18)34)11-12-28-21(33)15-5-7-16(8-6-15)36-24(25,26)27/h2-8,18H,9-12H2,1H3,(H,28,33)(H,30,32,34). The first-order chi connectivity index (χ1) is 17.0. The number of carbonyl (C=O) groups is 3. The molecule has 0 spiro atoms. The van der Waals surface area contributed by atoms with Crippen molar-refractivity contribution in [3.05, 3.63) is 69.8 Å². The Balaban J connectivity index is 1.51. The molecule has 36 heavy (non-hydrogen) atoms. The number of piperidine rings is 1. The quantitative estimate of drug-likeness (QED) is 0.383. The van der Waals surface area contributed by atoms with Gasteiger partial charge >= 0.3 is 5.51 Å². The van der Waals surface area contributed by atoms with E-state index >= 15 is 0 Å². The monoisotopic (exact) mass is 518 g/mol. The lowest BCUT2D eigenvalue weighted by atomic mass is 10.0. The van der Waals surface area contributed by atoms with Crippen LogP contribution < -0.4 is 16.2 Å². The molecular formula is C24H21F3N4O4S. The summed E-state index contributed by atoms with van der Waals surface area (Å²) in [7, 11) is 0. The first-order valence-electron chi connectivity index (χ1n) is 11.0. The highest BCUT2D eigenvalue weighted by Gasteiger charge is 2.31. The summed E-state index contributed by atoms with van der Waals surface area (Å²) in [4.78, 5) is 54.2. The maximum absolute atomic E-state index is 13.4. The minimum Gasteiger partial charge on any atom is -0.352 e. The molecule has 12 heteroatoms. The average molecular weight is 519 g/mol. The SMILES string of the molecule is Cc1nc2cccc(CCNC(=O)c3ccc(SC(F)(F)F)cc3)c2c(=O)n1C1CCC(=O)NC1=O. The lowest BCUT2D eigenvalue weighted by molar-refractivity contribution is -0.135. The second-order valence-electron chi connectivity index (χ2n) is 8.19. The van der Waals surface area contributed by atoms with Gasteiger partial charge in [0.2, 0.25) is 11.8 Å². The number of rotatable bonds is 6. The van der Waals surface area contributed by atoms with Crippen LogP contribution in [0.3, 0.4) is 0 Å². The van der Waals surface area contributed by atoms with Gasteiger partial charge in [-0.3, -0.25) is 29.1 Å². The van der Waals surface area contributed by atoms with Crippen LogP contribution in [0.1, 0.15) is 40.6 Å². The van der Waals surface area contributed by atoms with Crippen LogP contribution in [0.4, 0.5) is 13.2 Å². The maximum Gasteiger partial charge on any atom is 0.446 e. The Labute approximate surface area is 207 Å². The number of thioether (sulfide) groups is 1. The first kappa shape index (κ1) is 25.4. The molecule has 188 valence electrons. The number of fused-ring (bicyclic) bond motifs is 1. The molecule has 2 heterocycles. The number of hydrogen-bond donors (Lipinski definition) is 2. The molecule has 4 rings (SSSR count). The Hall–Kier alpha value is -3.67. The molecule has 0 radical (unpaired) electrons. The highest BCUT2D eigenvalue weighted by molar-refractivity contribution is 8.00. The van der Waals surface area contributed by atoms with Crippen molar-refractivity contribution in [2.45, 2.75) is 42.6 Å². The highest BCUT2D eigenvalue weighted by Crippen LogP contribution is 2.36. The Morgan fingerprint density at radius 3 is 2.56 bits per heavy atom. The lowest BCUT2D eigenvalue weighted by Gasteiger charge is -2.24. The van der Waals surface area contributed by atoms with E-state index in [1.807, 2.05) is 0 Å². The number of amides is 3. The molecular weight excluding hydrogens is 497 g/mol. The molecule has 2 N–H and O–H groups in total. The molecule has 1 aliphatic heterocycles. The molecule has 1 saturated heterocycles. The van der Waals surface area contributed by atoms with Crippen LogP contribution in [-0.4, -0.2) is 39.3 Å². The van der Waals surface area contributed by atoms with Gasteiger partial charge in [-0.1, -0.05) is 12.1 Å². The molecule has 3 aromatic rings. The van der Waals surface area contributed by atoms with Crippen LogP contribution in [0.5, 0.6) is 0 Å². The third-order valence-electron chi connectivity index (χ3n) is 5.74. The number of hydrogen-bond acceptors (Lipinski definition) is 6. The van der Waals surface area contributed by atoms with E-state index in [1.165, 1.54) is 28.8 Å². The normalized spacial score (nSPS) is 16.2. The summed E-state index contributed by atoms with van der Waals surface area (Å²) >= 11 is -0.260. The van der Waals surface area contributed by atoms with Crippen molar-refractivity contribution in [1.82, 2.24) is 20.2 Å². The third-order valence-corrected chi connectivity index (χ3v) is 6.48. The zero-order chi connectivity index (χ0) is 26.0. The van der Waals surface area contributed by atoms with Gasteiger partial charge in [0.25, 0.3) is 11.5 Å². The molecule has 8 nitrogen and oxygen atoms in total. The summed E-state index contributed by atoms with van der Waals surface area (Å²) in [5, 5.41) is 5.27. The average Bonchev–Trinajstić information content (AvgIpc) is 2.79. The van der Waals surface area contributed by atoms with Gasteiger partial charge in [-0.05, 0) is 67.4 Å². The van der Waals surface area contributed by atoms with Crippen molar-refractivity contribution < 1.29 is 27.6 Å². The predicted molar refractivity (Wildman–Crippen MR) is 127 cm³/mol. The summed E-state index contributed by atoms with van der Waals surface area (Å²) in [6.07, 6.45) is 0.585. The number of alkyl halides is 3. The summed E-state index contributed by atoms with van der Waals surface area (Å²) in [6, 6.07) is 9.37. The van der Waals surface area contributed by atoms with Crippen molar-refractivity contribution in [3.63, 3.8) is 0 Å². The van der Waals surface area contributed by atoms with Crippen LogP contribution in [0, 0.1) is 6.92 Å². The van der Waals surface area contributed by atoms with Crippen LogP contribution in [0.15, 0.2) is 52.2 Å². The fourth-order valence-corrected chi connectivity index (χ4v) is 4.69. The van der Waals surface area contributed by atoms with Gasteiger partial charge < -0.3 is 5.32 Å². The van der Waals surface area contributed by atoms with Crippen LogP contribution in [0.2, 0.25) is 0 Å². The van der Waals surface area contributed by atoms with Gasteiger partial charge in [-0.2, -0.15) is 13.2 Å². The zero-order valence-corrected chi connectivity index (χ0v) is 19.8. The fourth-order valence-electron chi connectivity index (χ4n) is 4.15. The number of nitrogens with zero attached hydrogens (tertiary/aromatic N) is 2. The molecule has 1 fully saturated rings. The second-order valence-corrected chi connectivity index (χ2v) is 9.33. The topological polar surface area (TPSA) is 110 Å². The Morgan fingerprint density at radius 2 is 1.89 bits per heavy atom. The van der Waals surface area contributed by atoms with Crippen molar-refractivity contribution in [2.75, 3.05) is 6.54 Å². The van der Waals surface area contributed by atoms with Gasteiger partial charge in [0.05, 0.1) is 10.9 Å². The summed E-state index contributed by atoms with van der Waals surface area (Å²) in [5.74, 6) is -1.06. The second kappa shape index (κ2) is 10.1. The molecule has 2 aromatic carbocycles. The van der Waals surface area contributed by atoms with E-state index < -0.39 is 28.9 Å². The summed E-state index contributed by atoms with van der Waals surface area (Å²) in [5.41, 5.74) is -3.55. The number of imide groups is 1. The molecule has 0 aliphatic carbocycles. The Morgan fingerprint density at radius 1 is 1.17 bits per heavy atom. The number of carbonyl (C=O) groups excluding carboxylic acids is 3. The summed E-state index contributed by atoms with van der Waals surface area (Å²) in [6.45, 7) is 1.78. The molecule has 0 bridgehead atoms. The van der Waals surface area contributed by atoms with Crippen molar-refractivity contribution in [3.8, 4) is 0 Å². The largest absolute Gasteiger partial charge is 0.446 e. The van der Waals surface area contributed by atoms with Gasteiger partial charge in [-0.15, -0.1) is 0 Å². The Kier molecular flexibility index (Phi) is 7.16. The van der Waals surface area contributed by atoms with Crippen molar-refractivity contribution >= 4 is 40.4 Å². The van der Waals surface area contributed by atoms with Crippen molar-refractivity contribution in [2.24, 2.45) is 0 Å².